The van der Waals surface area contributed by atoms with Gasteiger partial charge in [-0.15, -0.1) is 0 Å². The van der Waals surface area contributed by atoms with Crippen molar-refractivity contribution in [3.8, 4) is 34.5 Å². The maximum absolute atomic E-state index is 14.5. The van der Waals surface area contributed by atoms with E-state index in [1.807, 2.05) is 44.2 Å². The molecule has 4 amide bonds. The number of methoxy groups -OCH3 is 5. The second kappa shape index (κ2) is 36.9. The first kappa shape index (κ1) is 69.0. The van der Waals surface area contributed by atoms with E-state index >= 15 is 0 Å². The molecule has 4 aromatic carbocycles. The number of anilines is 1. The second-order valence-corrected chi connectivity index (χ2v) is 21.4. The van der Waals surface area contributed by atoms with E-state index in [9.17, 15) is 24.0 Å². The van der Waals surface area contributed by atoms with Crippen molar-refractivity contribution in [2.75, 3.05) is 126 Å². The number of amidine groups is 1. The van der Waals surface area contributed by atoms with E-state index in [0.717, 1.165) is 24.1 Å². The van der Waals surface area contributed by atoms with Crippen LogP contribution in [0.4, 0.5) is 5.69 Å². The molecule has 0 spiro atoms. The van der Waals surface area contributed by atoms with Crippen LogP contribution >= 0.6 is 23.2 Å². The van der Waals surface area contributed by atoms with Crippen LogP contribution in [0.3, 0.4) is 0 Å². The molecule has 6 rings (SSSR count). The lowest BCUT2D eigenvalue weighted by Crippen LogP contribution is -2.50. The third-order valence-corrected chi connectivity index (χ3v) is 15.3. The van der Waals surface area contributed by atoms with E-state index in [1.54, 1.807) is 66.6 Å². The van der Waals surface area contributed by atoms with E-state index in [1.165, 1.54) is 21.3 Å². The average Bonchev–Trinajstić information content (AvgIpc) is 3.93. The molecule has 4 atom stereocenters. The molecule has 2 aliphatic rings. The molecule has 2 aliphatic heterocycles. The van der Waals surface area contributed by atoms with Crippen molar-refractivity contribution in [1.29, 1.82) is 0 Å². The van der Waals surface area contributed by atoms with Crippen LogP contribution in [0.25, 0.3) is 0 Å². The van der Waals surface area contributed by atoms with Gasteiger partial charge in [-0.25, -0.2) is 4.79 Å². The number of rotatable bonds is 37. The van der Waals surface area contributed by atoms with Crippen molar-refractivity contribution < 1.29 is 76.1 Å². The number of nitrogens with zero attached hydrogens (tertiary/aromatic N) is 3. The van der Waals surface area contributed by atoms with Crippen molar-refractivity contribution >= 4 is 64.3 Å². The fourth-order valence-corrected chi connectivity index (χ4v) is 10.2. The highest BCUT2D eigenvalue weighted by molar-refractivity contribution is 6.42. The van der Waals surface area contributed by atoms with Gasteiger partial charge in [-0.1, -0.05) is 55.2 Å². The Hall–Kier alpha value is -7.08. The van der Waals surface area contributed by atoms with Gasteiger partial charge < -0.3 is 73.0 Å². The van der Waals surface area contributed by atoms with Crippen molar-refractivity contribution in [3.63, 3.8) is 0 Å². The minimum atomic E-state index is -0.821. The molecular weight excluding hydrogens is 1170 g/mol. The third-order valence-electron chi connectivity index (χ3n) is 14.5. The maximum Gasteiger partial charge on any atom is 0.329 e. The Morgan fingerprint density at radius 1 is 0.667 bits per heavy atom. The molecule has 0 bridgehead atoms. The smallest absolute Gasteiger partial charge is 0.329 e. The van der Waals surface area contributed by atoms with E-state index in [4.69, 9.17) is 75.3 Å². The van der Waals surface area contributed by atoms with Crippen LogP contribution in [0.2, 0.25) is 10.0 Å². The fourth-order valence-electron chi connectivity index (χ4n) is 9.88. The van der Waals surface area contributed by atoms with E-state index in [2.05, 4.69) is 21.1 Å². The Balaban J connectivity index is 0.848. The molecule has 4 aromatic rings. The molecule has 0 aliphatic carbocycles. The number of likely N-dealkylation sites (tertiary alicyclic amines) is 1. The van der Waals surface area contributed by atoms with E-state index < -0.39 is 24.0 Å². The highest BCUT2D eigenvalue weighted by Crippen LogP contribution is 2.42. The predicted octanol–water partition coefficient (Wildman–Crippen LogP) is 8.26. The Bertz CT molecular complexity index is 2870. The number of halogens is 2. The number of hydrogen-bond acceptors (Lipinski definition) is 18. The molecular formula is C63H84Cl2N6O16. The summed E-state index contributed by atoms with van der Waals surface area (Å²) in [7, 11) is 7.71. The number of ether oxygens (including phenoxy) is 11. The second-order valence-electron chi connectivity index (χ2n) is 20.6. The molecule has 87 heavy (non-hydrogen) atoms. The van der Waals surface area contributed by atoms with Crippen LogP contribution < -0.4 is 49.4 Å². The highest BCUT2D eigenvalue weighted by Gasteiger charge is 2.38. The van der Waals surface area contributed by atoms with Gasteiger partial charge in [0, 0.05) is 38.4 Å². The summed E-state index contributed by atoms with van der Waals surface area (Å²) in [6, 6.07) is 20.7. The topological polar surface area (TPSA) is 242 Å². The van der Waals surface area contributed by atoms with Gasteiger partial charge in [0.25, 0.3) is 5.91 Å². The normalized spacial score (nSPS) is 15.4. The zero-order valence-electron chi connectivity index (χ0n) is 50.9. The number of hydrazone groups is 1. The molecule has 476 valence electrons. The van der Waals surface area contributed by atoms with Crippen LogP contribution in [0.1, 0.15) is 93.9 Å². The molecule has 0 saturated carbocycles. The van der Waals surface area contributed by atoms with Crippen LogP contribution in [0, 0.1) is 5.92 Å². The number of carbonyl (C=O) groups is 5. The predicted molar refractivity (Wildman–Crippen MR) is 329 cm³/mol. The lowest BCUT2D eigenvalue weighted by molar-refractivity contribution is -0.162. The first-order chi connectivity index (χ1) is 42.2. The number of esters is 1. The summed E-state index contributed by atoms with van der Waals surface area (Å²) in [6.07, 6.45) is 3.40. The highest BCUT2D eigenvalue weighted by atomic mass is 35.5. The largest absolute Gasteiger partial charge is 0.493 e. The molecule has 1 unspecified atom stereocenters. The quantitative estimate of drug-likeness (QED) is 0.0284. The maximum atomic E-state index is 14.5. The van der Waals surface area contributed by atoms with Crippen LogP contribution in [0.5, 0.6) is 34.5 Å². The zero-order chi connectivity index (χ0) is 62.5. The molecule has 1 fully saturated rings. The number of aryl methyl sites for hydroxylation is 1. The van der Waals surface area contributed by atoms with Gasteiger partial charge in [-0.2, -0.15) is 5.10 Å². The summed E-state index contributed by atoms with van der Waals surface area (Å²) in [6.45, 7) is 7.72. The van der Waals surface area contributed by atoms with Crippen LogP contribution in [-0.4, -0.2) is 168 Å². The number of amides is 4. The van der Waals surface area contributed by atoms with Gasteiger partial charge in [0.2, 0.25) is 23.5 Å². The van der Waals surface area contributed by atoms with E-state index in [0.29, 0.717) is 153 Å². The van der Waals surface area contributed by atoms with Gasteiger partial charge >= 0.3 is 5.97 Å². The lowest BCUT2D eigenvalue weighted by Gasteiger charge is -2.37. The molecule has 0 radical (unpaired) electrons. The molecule has 24 heteroatoms. The van der Waals surface area contributed by atoms with Gasteiger partial charge in [0.1, 0.15) is 23.7 Å². The monoisotopic (exact) mass is 1250 g/mol. The molecule has 0 aromatic heterocycles. The Labute approximate surface area is 520 Å². The Morgan fingerprint density at radius 3 is 2.01 bits per heavy atom. The molecule has 22 nitrogen and oxygen atoms in total. The lowest BCUT2D eigenvalue weighted by atomic mass is 9.91. The number of piperidine rings is 1. The van der Waals surface area contributed by atoms with Gasteiger partial charge in [-0.3, -0.25) is 24.2 Å². The number of nitrogens with one attached hydrogen (secondary N) is 3. The van der Waals surface area contributed by atoms with Gasteiger partial charge in [0.15, 0.2) is 29.6 Å². The summed E-state index contributed by atoms with van der Waals surface area (Å²) < 4.78 is 62.4. The zero-order valence-corrected chi connectivity index (χ0v) is 52.4. The summed E-state index contributed by atoms with van der Waals surface area (Å²) >= 11 is 12.2. The fraction of sp³-hybridized carbons (Fsp3) is 0.524. The molecule has 1 saturated heterocycles. The first-order valence-electron chi connectivity index (χ1n) is 29.4. The van der Waals surface area contributed by atoms with Gasteiger partial charge in [-0.05, 0) is 116 Å². The van der Waals surface area contributed by atoms with Crippen molar-refractivity contribution in [2.45, 2.75) is 89.7 Å². The number of hydrogen-bond donors (Lipinski definition) is 3. The van der Waals surface area contributed by atoms with Crippen LogP contribution in [0.15, 0.2) is 77.9 Å². The number of carbonyl (C=O) groups excluding carboxylic acids is 5. The Kier molecular flexibility index (Phi) is 29.3. The summed E-state index contributed by atoms with van der Waals surface area (Å²) in [5.41, 5.74) is 3.05. The van der Waals surface area contributed by atoms with Crippen molar-refractivity contribution in [2.24, 2.45) is 11.0 Å². The van der Waals surface area contributed by atoms with Crippen LogP contribution in [-0.2, 0) is 54.1 Å². The van der Waals surface area contributed by atoms with Crippen molar-refractivity contribution in [1.82, 2.24) is 20.9 Å². The standard InChI is InChI=1S/C63H84Cl2N6O16/c1-8-48(45-37-55(79-5)60(81-7)56(38-45)80-6)62(75)70-26-10-9-15-51(70)63(76)87-52(21-17-43-18-22-53(77-3)54(35-43)78-4)44-13-11-14-47(36-44)86-41-59(74)67-25-28-83-30-32-85-34-33-84-31-29-82-27-23-57(72)66-24-12-16-58(73)68-61-42(2)40-71(69-61)46-19-20-49(64)50(65)39-46/h11,13-14,18-20,22,35-39,42,48,51-52H,8-10,12,15-17,21,23-34,40-41H2,1-7H3,(H,66,72)(H,67,74)(H,68,69,73)/t42?,48-,51-,52-/m0/s1. The minimum absolute atomic E-state index is 0.0142. The third kappa shape index (κ3) is 21.6. The minimum Gasteiger partial charge on any atom is -0.493 e. The summed E-state index contributed by atoms with van der Waals surface area (Å²) in [5.74, 6) is 1.42. The van der Waals surface area contributed by atoms with E-state index in [-0.39, 0.29) is 68.8 Å². The Morgan fingerprint density at radius 2 is 1.34 bits per heavy atom. The summed E-state index contributed by atoms with van der Waals surface area (Å²) in [4.78, 5) is 68.3. The average molecular weight is 1250 g/mol. The summed E-state index contributed by atoms with van der Waals surface area (Å²) in [5, 5.41) is 15.7. The van der Waals surface area contributed by atoms with Crippen molar-refractivity contribution in [3.05, 3.63) is 99.5 Å². The number of benzene rings is 4. The SMILES string of the molecule is CC[C@H](C(=O)N1CCCC[C@H]1C(=O)O[C@@H](CCc1ccc(OC)c(OC)c1)c1cccc(OCC(=O)NCCOCCOCCOCCOCCC(=O)NCCCC(=O)NC2=NN(c3ccc(Cl)c(Cl)c3)CC2C)c1)c1cc(OC)c(OC)c(OC)c1. The molecule has 3 N–H and O–H groups in total. The molecule has 2 heterocycles. The van der Waals surface area contributed by atoms with Gasteiger partial charge in [0.05, 0.1) is 117 Å². The first-order valence-corrected chi connectivity index (χ1v) is 30.2.